The molecule has 7 nitrogen and oxygen atoms in total. The van der Waals surface area contributed by atoms with Gasteiger partial charge in [-0.1, -0.05) is 18.2 Å². The van der Waals surface area contributed by atoms with E-state index < -0.39 is 4.92 Å². The number of carbonyl (C=O) groups excluding carboxylic acids is 2. The highest BCUT2D eigenvalue weighted by Crippen LogP contribution is 2.34. The third kappa shape index (κ3) is 2.55. The van der Waals surface area contributed by atoms with Gasteiger partial charge >= 0.3 is 0 Å². The number of nitrogens with zero attached hydrogens (tertiary/aromatic N) is 1. The zero-order valence-electron chi connectivity index (χ0n) is 13.5. The fourth-order valence-corrected chi connectivity index (χ4v) is 3.12. The van der Waals surface area contributed by atoms with Gasteiger partial charge in [0.25, 0.3) is 17.5 Å². The molecular formula is C19H13N3O4. The highest BCUT2D eigenvalue weighted by molar-refractivity contribution is 6.24. The van der Waals surface area contributed by atoms with Gasteiger partial charge in [0.05, 0.1) is 4.92 Å². The lowest BCUT2D eigenvalue weighted by Crippen LogP contribution is -2.22. The molecule has 0 saturated heterocycles. The minimum Gasteiger partial charge on any atom is -0.348 e. The van der Waals surface area contributed by atoms with Gasteiger partial charge in [0, 0.05) is 40.9 Å². The lowest BCUT2D eigenvalue weighted by molar-refractivity contribution is -0.384. The largest absolute Gasteiger partial charge is 0.348 e. The Morgan fingerprint density at radius 2 is 1.85 bits per heavy atom. The summed E-state index contributed by atoms with van der Waals surface area (Å²) in [6, 6.07) is 14.6. The average Bonchev–Trinajstić information content (AvgIpc) is 2.98. The van der Waals surface area contributed by atoms with Crippen LogP contribution in [-0.4, -0.2) is 16.7 Å². The molecule has 0 aromatic heterocycles. The molecule has 3 aromatic carbocycles. The second-order valence-corrected chi connectivity index (χ2v) is 5.94. The first-order chi connectivity index (χ1) is 12.5. The molecule has 0 bridgehead atoms. The lowest BCUT2D eigenvalue weighted by Gasteiger charge is -2.09. The van der Waals surface area contributed by atoms with Crippen molar-refractivity contribution in [2.24, 2.45) is 0 Å². The van der Waals surface area contributed by atoms with E-state index in [0.29, 0.717) is 11.1 Å². The van der Waals surface area contributed by atoms with Gasteiger partial charge in [0.15, 0.2) is 0 Å². The number of rotatable bonds is 4. The van der Waals surface area contributed by atoms with Crippen LogP contribution in [0.2, 0.25) is 0 Å². The van der Waals surface area contributed by atoms with Crippen LogP contribution in [0.4, 0.5) is 11.4 Å². The zero-order valence-corrected chi connectivity index (χ0v) is 13.5. The molecule has 3 aromatic rings. The molecule has 0 atom stereocenters. The van der Waals surface area contributed by atoms with Gasteiger partial charge in [-0.05, 0) is 35.2 Å². The summed E-state index contributed by atoms with van der Waals surface area (Å²) in [4.78, 5) is 34.4. The van der Waals surface area contributed by atoms with E-state index in [-0.39, 0.29) is 24.0 Å². The molecule has 128 valence electrons. The predicted molar refractivity (Wildman–Crippen MR) is 96.2 cm³/mol. The number of anilines is 1. The van der Waals surface area contributed by atoms with E-state index in [2.05, 4.69) is 10.6 Å². The van der Waals surface area contributed by atoms with Crippen molar-refractivity contribution in [1.82, 2.24) is 5.32 Å². The van der Waals surface area contributed by atoms with Gasteiger partial charge in [-0.25, -0.2) is 0 Å². The van der Waals surface area contributed by atoms with Gasteiger partial charge < -0.3 is 10.6 Å². The summed E-state index contributed by atoms with van der Waals surface area (Å²) in [5.74, 6) is -0.449. The molecule has 7 heteroatoms. The van der Waals surface area contributed by atoms with Crippen LogP contribution in [0.5, 0.6) is 0 Å². The summed E-state index contributed by atoms with van der Waals surface area (Å²) in [7, 11) is 0. The Morgan fingerprint density at radius 3 is 2.58 bits per heavy atom. The number of nitro benzene ring substituents is 1. The maximum absolute atomic E-state index is 12.3. The van der Waals surface area contributed by atoms with Crippen LogP contribution in [0.15, 0.2) is 54.6 Å². The molecule has 0 fully saturated rings. The number of nitro groups is 1. The van der Waals surface area contributed by atoms with E-state index >= 15 is 0 Å². The second-order valence-electron chi connectivity index (χ2n) is 5.94. The van der Waals surface area contributed by atoms with Crippen LogP contribution in [-0.2, 0) is 6.54 Å². The van der Waals surface area contributed by atoms with Crippen molar-refractivity contribution in [2.45, 2.75) is 6.54 Å². The van der Waals surface area contributed by atoms with Gasteiger partial charge in [-0.3, -0.25) is 19.7 Å². The van der Waals surface area contributed by atoms with Gasteiger partial charge in [0.1, 0.15) is 0 Å². The minimum absolute atomic E-state index is 0.0637. The zero-order chi connectivity index (χ0) is 18.3. The van der Waals surface area contributed by atoms with Crippen LogP contribution >= 0.6 is 0 Å². The Hall–Kier alpha value is -3.74. The molecule has 0 saturated carbocycles. The fraction of sp³-hybridized carbons (Fsp3) is 0.0526. The number of hydrogen-bond acceptors (Lipinski definition) is 4. The van der Waals surface area contributed by atoms with Crippen LogP contribution in [0.1, 0.15) is 26.3 Å². The van der Waals surface area contributed by atoms with Crippen molar-refractivity contribution in [3.63, 3.8) is 0 Å². The molecule has 1 aliphatic heterocycles. The van der Waals surface area contributed by atoms with Crippen molar-refractivity contribution in [3.8, 4) is 0 Å². The number of amides is 2. The molecule has 26 heavy (non-hydrogen) atoms. The molecule has 2 amide bonds. The summed E-state index contributed by atoms with van der Waals surface area (Å²) < 4.78 is 0. The highest BCUT2D eigenvalue weighted by Gasteiger charge is 2.22. The SMILES string of the molecule is O=C(NCc1ccc2c3c(cccc13)C(=O)N2)c1ccc([N+](=O)[O-])cc1. The van der Waals surface area contributed by atoms with E-state index in [4.69, 9.17) is 0 Å². The Kier molecular flexibility index (Phi) is 3.62. The monoisotopic (exact) mass is 347 g/mol. The highest BCUT2D eigenvalue weighted by atomic mass is 16.6. The van der Waals surface area contributed by atoms with E-state index in [1.807, 2.05) is 24.3 Å². The van der Waals surface area contributed by atoms with Crippen LogP contribution in [0.25, 0.3) is 10.8 Å². The standard InChI is InChI=1S/C19H13N3O4/c23-18(11-4-7-13(8-5-11)22(25)26)20-10-12-6-9-16-17-14(12)2-1-3-15(17)19(24)21-16/h1-9H,10H2,(H,20,23)(H,21,24). The number of nitrogens with one attached hydrogen (secondary N) is 2. The van der Waals surface area contributed by atoms with E-state index in [1.165, 1.54) is 24.3 Å². The Labute approximate surface area is 147 Å². The van der Waals surface area contributed by atoms with Gasteiger partial charge in [-0.15, -0.1) is 0 Å². The van der Waals surface area contributed by atoms with Crippen LogP contribution in [0.3, 0.4) is 0 Å². The third-order valence-corrected chi connectivity index (χ3v) is 4.40. The van der Waals surface area contributed by atoms with Crippen LogP contribution in [0, 0.1) is 10.1 Å². The Morgan fingerprint density at radius 1 is 1.08 bits per heavy atom. The third-order valence-electron chi connectivity index (χ3n) is 4.40. The van der Waals surface area contributed by atoms with Crippen molar-refractivity contribution < 1.29 is 14.5 Å². The normalized spacial score (nSPS) is 12.1. The van der Waals surface area contributed by atoms with Crippen molar-refractivity contribution in [1.29, 1.82) is 0 Å². The van der Waals surface area contributed by atoms with Crippen molar-refractivity contribution >= 4 is 34.0 Å². The van der Waals surface area contributed by atoms with Crippen LogP contribution < -0.4 is 10.6 Å². The molecule has 0 radical (unpaired) electrons. The van der Waals surface area contributed by atoms with Crippen molar-refractivity contribution in [3.05, 3.63) is 81.4 Å². The molecule has 2 N–H and O–H groups in total. The van der Waals surface area contributed by atoms with E-state index in [9.17, 15) is 19.7 Å². The molecule has 0 unspecified atom stereocenters. The molecular weight excluding hydrogens is 334 g/mol. The summed E-state index contributed by atoms with van der Waals surface area (Å²) in [6.07, 6.45) is 0. The Bertz CT molecular complexity index is 1070. The van der Waals surface area contributed by atoms with Gasteiger partial charge in [0.2, 0.25) is 0 Å². The maximum atomic E-state index is 12.3. The maximum Gasteiger partial charge on any atom is 0.269 e. The first-order valence-electron chi connectivity index (χ1n) is 7.93. The second kappa shape index (κ2) is 5.96. The summed E-state index contributed by atoms with van der Waals surface area (Å²) in [5.41, 5.74) is 2.56. The minimum atomic E-state index is -0.510. The van der Waals surface area contributed by atoms with E-state index in [0.717, 1.165) is 22.0 Å². The summed E-state index contributed by atoms with van der Waals surface area (Å²) in [5, 5.41) is 18.1. The smallest absolute Gasteiger partial charge is 0.269 e. The number of non-ortho nitro benzene ring substituents is 1. The van der Waals surface area contributed by atoms with Gasteiger partial charge in [-0.2, -0.15) is 0 Å². The average molecular weight is 347 g/mol. The van der Waals surface area contributed by atoms with E-state index in [1.54, 1.807) is 6.07 Å². The summed E-state index contributed by atoms with van der Waals surface area (Å²) >= 11 is 0. The fourth-order valence-electron chi connectivity index (χ4n) is 3.12. The Balaban J connectivity index is 1.57. The number of carbonyl (C=O) groups is 2. The number of benzene rings is 3. The first kappa shape index (κ1) is 15.8. The molecule has 0 spiro atoms. The predicted octanol–water partition coefficient (Wildman–Crippen LogP) is 3.24. The molecule has 0 aliphatic carbocycles. The van der Waals surface area contributed by atoms with Crippen molar-refractivity contribution in [2.75, 3.05) is 5.32 Å². The first-order valence-corrected chi connectivity index (χ1v) is 7.93. The quantitative estimate of drug-likeness (QED) is 0.559. The molecule has 1 aliphatic rings. The number of hydrogen-bond donors (Lipinski definition) is 2. The summed E-state index contributed by atoms with van der Waals surface area (Å²) in [6.45, 7) is 0.282. The molecule has 4 rings (SSSR count). The molecule has 1 heterocycles. The topological polar surface area (TPSA) is 101 Å². The lowest BCUT2D eigenvalue weighted by atomic mass is 10.0.